The Kier molecular flexibility index (Phi) is 8.05. The molecule has 1 saturated heterocycles. The lowest BCUT2D eigenvalue weighted by atomic mass is 9.99. The van der Waals surface area contributed by atoms with E-state index < -0.39 is 6.29 Å². The number of thioether (sulfide) groups is 1. The maximum absolute atomic E-state index is 9.43. The Bertz CT molecular complexity index is 1270. The fourth-order valence-corrected chi connectivity index (χ4v) is 5.11. The SMILES string of the molecule is NCc1cccc(-c2cccc([C@@H]3O[C@H](CSc4ncccn4)C[C@H](c4ccc(CO)cc4)O3)c2)c1. The first-order valence-electron chi connectivity index (χ1n) is 12.0. The molecule has 0 radical (unpaired) electrons. The summed E-state index contributed by atoms with van der Waals surface area (Å²) < 4.78 is 13.0. The minimum absolute atomic E-state index is 0.0199. The van der Waals surface area contributed by atoms with Gasteiger partial charge in [0.05, 0.1) is 18.8 Å². The Labute approximate surface area is 215 Å². The summed E-state index contributed by atoms with van der Waals surface area (Å²) in [7, 11) is 0. The van der Waals surface area contributed by atoms with E-state index >= 15 is 0 Å². The normalized spacial score (nSPS) is 19.8. The first-order valence-corrected chi connectivity index (χ1v) is 13.0. The van der Waals surface area contributed by atoms with E-state index in [0.29, 0.717) is 18.7 Å². The van der Waals surface area contributed by atoms with Crippen LogP contribution in [0, 0.1) is 0 Å². The van der Waals surface area contributed by atoms with E-state index in [0.717, 1.165) is 38.5 Å². The minimum Gasteiger partial charge on any atom is -0.392 e. The van der Waals surface area contributed by atoms with Gasteiger partial charge in [-0.15, -0.1) is 0 Å². The smallest absolute Gasteiger partial charge is 0.187 e. The topological polar surface area (TPSA) is 90.5 Å². The van der Waals surface area contributed by atoms with Gasteiger partial charge in [0.1, 0.15) is 0 Å². The van der Waals surface area contributed by atoms with Crippen molar-refractivity contribution in [2.45, 2.75) is 43.2 Å². The van der Waals surface area contributed by atoms with Gasteiger partial charge in [0.15, 0.2) is 11.4 Å². The Hall–Kier alpha value is -3.07. The lowest BCUT2D eigenvalue weighted by Crippen LogP contribution is -2.31. The van der Waals surface area contributed by atoms with Crippen LogP contribution in [0.25, 0.3) is 11.1 Å². The summed E-state index contributed by atoms with van der Waals surface area (Å²) >= 11 is 1.58. The van der Waals surface area contributed by atoms with E-state index in [1.54, 1.807) is 24.2 Å². The second kappa shape index (κ2) is 11.8. The van der Waals surface area contributed by atoms with Crippen molar-refractivity contribution in [1.82, 2.24) is 9.97 Å². The van der Waals surface area contributed by atoms with Crippen LogP contribution in [0.15, 0.2) is 96.4 Å². The molecule has 36 heavy (non-hydrogen) atoms. The average Bonchev–Trinajstić information content (AvgIpc) is 2.96. The molecule has 1 aromatic heterocycles. The van der Waals surface area contributed by atoms with Crippen molar-refractivity contribution in [2.75, 3.05) is 5.75 Å². The Morgan fingerprint density at radius 1 is 0.833 bits per heavy atom. The number of ether oxygens (including phenoxy) is 2. The molecule has 0 unspecified atom stereocenters. The summed E-state index contributed by atoms with van der Waals surface area (Å²) in [6.07, 6.45) is 3.51. The molecular formula is C29H29N3O3S. The van der Waals surface area contributed by atoms with Crippen molar-refractivity contribution < 1.29 is 14.6 Å². The second-order valence-corrected chi connectivity index (χ2v) is 9.71. The molecular weight excluding hydrogens is 470 g/mol. The molecule has 184 valence electrons. The zero-order valence-electron chi connectivity index (χ0n) is 19.9. The predicted molar refractivity (Wildman–Crippen MR) is 141 cm³/mol. The van der Waals surface area contributed by atoms with Crippen LogP contribution < -0.4 is 5.73 Å². The number of aromatic nitrogens is 2. The minimum atomic E-state index is -0.513. The molecule has 3 aromatic carbocycles. The van der Waals surface area contributed by atoms with Gasteiger partial charge in [-0.1, -0.05) is 72.4 Å². The van der Waals surface area contributed by atoms with Crippen LogP contribution in [0.2, 0.25) is 0 Å². The zero-order valence-corrected chi connectivity index (χ0v) is 20.7. The molecule has 1 fully saturated rings. The first-order chi connectivity index (χ1) is 17.7. The number of hydrogen-bond donors (Lipinski definition) is 2. The first kappa shape index (κ1) is 24.6. The summed E-state index contributed by atoms with van der Waals surface area (Å²) in [5.41, 5.74) is 12.1. The summed E-state index contributed by atoms with van der Waals surface area (Å²) in [4.78, 5) is 8.66. The van der Waals surface area contributed by atoms with Gasteiger partial charge >= 0.3 is 0 Å². The highest BCUT2D eigenvalue weighted by Crippen LogP contribution is 2.40. The molecule has 0 aliphatic carbocycles. The molecule has 2 heterocycles. The third-order valence-electron chi connectivity index (χ3n) is 6.21. The van der Waals surface area contributed by atoms with Gasteiger partial charge in [0, 0.05) is 36.7 Å². The van der Waals surface area contributed by atoms with Gasteiger partial charge in [-0.05, 0) is 46.0 Å². The number of aliphatic hydroxyl groups excluding tert-OH is 1. The number of rotatable bonds is 8. The quantitative estimate of drug-likeness (QED) is 0.247. The molecule has 1 aliphatic rings. The molecule has 0 bridgehead atoms. The highest BCUT2D eigenvalue weighted by Gasteiger charge is 2.32. The molecule has 4 aromatic rings. The van der Waals surface area contributed by atoms with E-state index in [1.165, 1.54) is 0 Å². The van der Waals surface area contributed by atoms with Crippen molar-refractivity contribution in [1.29, 1.82) is 0 Å². The molecule has 7 heteroatoms. The highest BCUT2D eigenvalue weighted by atomic mass is 32.2. The standard InChI is InChI=1S/C29H29N3O3S/c30-17-21-4-1-5-23(14-21)24-6-2-7-25(15-24)28-34-26(19-36-29-31-12-3-13-32-29)16-27(35-28)22-10-8-20(18-33)9-11-22/h1-15,26-28,33H,16-19,30H2/t26-,27+,28+/m0/s1. The Balaban J connectivity index is 1.40. The molecule has 3 N–H and O–H groups in total. The summed E-state index contributed by atoms with van der Waals surface area (Å²) in [6.45, 7) is 0.523. The number of nitrogens with two attached hydrogens (primary N) is 1. The number of aliphatic hydroxyl groups is 1. The Morgan fingerprint density at radius 3 is 2.33 bits per heavy atom. The molecule has 3 atom stereocenters. The van der Waals surface area contributed by atoms with Crippen LogP contribution >= 0.6 is 11.8 Å². The molecule has 0 saturated carbocycles. The van der Waals surface area contributed by atoms with Crippen LogP contribution in [0.4, 0.5) is 0 Å². The molecule has 6 nitrogen and oxygen atoms in total. The summed E-state index contributed by atoms with van der Waals surface area (Å²) in [5, 5.41) is 10.2. The summed E-state index contributed by atoms with van der Waals surface area (Å²) in [5.74, 6) is 0.716. The fourth-order valence-electron chi connectivity index (χ4n) is 4.29. The van der Waals surface area contributed by atoms with Crippen molar-refractivity contribution in [3.05, 3.63) is 114 Å². The van der Waals surface area contributed by atoms with Crippen LogP contribution in [0.1, 0.15) is 41.1 Å². The second-order valence-electron chi connectivity index (χ2n) is 8.72. The lowest BCUT2D eigenvalue weighted by Gasteiger charge is -2.36. The van der Waals surface area contributed by atoms with Gasteiger partial charge in [0.25, 0.3) is 0 Å². The van der Waals surface area contributed by atoms with Gasteiger partial charge in [-0.3, -0.25) is 0 Å². The monoisotopic (exact) mass is 499 g/mol. The molecule has 0 amide bonds. The Morgan fingerprint density at radius 2 is 1.58 bits per heavy atom. The van der Waals surface area contributed by atoms with Crippen molar-refractivity contribution in [3.8, 4) is 11.1 Å². The molecule has 0 spiro atoms. The predicted octanol–water partition coefficient (Wildman–Crippen LogP) is 5.43. The van der Waals surface area contributed by atoms with E-state index in [9.17, 15) is 5.11 Å². The van der Waals surface area contributed by atoms with Gasteiger partial charge in [-0.25, -0.2) is 9.97 Å². The maximum atomic E-state index is 9.43. The van der Waals surface area contributed by atoms with Crippen LogP contribution in [-0.2, 0) is 22.6 Å². The zero-order chi connectivity index (χ0) is 24.7. The average molecular weight is 500 g/mol. The van der Waals surface area contributed by atoms with Gasteiger partial charge in [0.2, 0.25) is 0 Å². The molecule has 1 aliphatic heterocycles. The van der Waals surface area contributed by atoms with E-state index in [-0.39, 0.29) is 18.8 Å². The van der Waals surface area contributed by atoms with E-state index in [4.69, 9.17) is 15.2 Å². The fraction of sp³-hybridized carbons (Fsp3) is 0.241. The largest absolute Gasteiger partial charge is 0.392 e. The third kappa shape index (κ3) is 6.00. The number of hydrogen-bond acceptors (Lipinski definition) is 7. The van der Waals surface area contributed by atoms with Crippen LogP contribution in [0.5, 0.6) is 0 Å². The summed E-state index contributed by atoms with van der Waals surface area (Å²) in [6, 6.07) is 26.3. The van der Waals surface area contributed by atoms with Crippen LogP contribution in [-0.4, -0.2) is 26.9 Å². The lowest BCUT2D eigenvalue weighted by molar-refractivity contribution is -0.245. The third-order valence-corrected chi connectivity index (χ3v) is 7.22. The van der Waals surface area contributed by atoms with Crippen LogP contribution in [0.3, 0.4) is 0 Å². The number of nitrogens with zero attached hydrogens (tertiary/aromatic N) is 2. The van der Waals surface area contributed by atoms with Crippen molar-refractivity contribution in [3.63, 3.8) is 0 Å². The van der Waals surface area contributed by atoms with Crippen molar-refractivity contribution >= 4 is 11.8 Å². The van der Waals surface area contributed by atoms with E-state index in [1.807, 2.05) is 54.6 Å². The maximum Gasteiger partial charge on any atom is 0.187 e. The number of benzene rings is 3. The highest BCUT2D eigenvalue weighted by molar-refractivity contribution is 7.99. The van der Waals surface area contributed by atoms with Gasteiger partial charge < -0.3 is 20.3 Å². The van der Waals surface area contributed by atoms with Gasteiger partial charge in [-0.2, -0.15) is 0 Å². The van der Waals surface area contributed by atoms with E-state index in [2.05, 4.69) is 34.2 Å². The molecule has 5 rings (SSSR count). The van der Waals surface area contributed by atoms with Crippen molar-refractivity contribution in [2.24, 2.45) is 5.73 Å².